The van der Waals surface area contributed by atoms with Gasteiger partial charge in [-0.05, 0) is 42.3 Å². The van der Waals surface area contributed by atoms with Crippen molar-refractivity contribution in [1.82, 2.24) is 5.43 Å². The van der Waals surface area contributed by atoms with Crippen LogP contribution in [0.4, 0.5) is 0 Å². The Morgan fingerprint density at radius 1 is 1.23 bits per heavy atom. The monoisotopic (exact) mass is 466 g/mol. The Kier molecular flexibility index (Phi) is 8.60. The maximum absolute atomic E-state index is 12.0. The Morgan fingerprint density at radius 2 is 1.97 bits per heavy atom. The maximum Gasteiger partial charge on any atom is 0.277 e. The molecule has 160 valence electrons. The third kappa shape index (κ3) is 6.23. The molecular weight excluding hydrogens is 444 g/mol. The standard InChI is InChI=1S/C21H23ClN2O4S2/c1-3-27-20-17(22)10-14(11-18(20)26-2)12-23-24-19(25)13-28-16-6-4-15(5-7-16)21-29-8-9-30-21/h4-7,10-12,21H,3,8-9,13H2,1-2H3,(H,24,25)/b23-12-. The number of thioether (sulfide) groups is 2. The highest BCUT2D eigenvalue weighted by molar-refractivity contribution is 8.19. The fourth-order valence-electron chi connectivity index (χ4n) is 2.73. The summed E-state index contributed by atoms with van der Waals surface area (Å²) in [4.78, 5) is 12.0. The van der Waals surface area contributed by atoms with Gasteiger partial charge in [0.15, 0.2) is 18.1 Å². The summed E-state index contributed by atoms with van der Waals surface area (Å²) in [6.07, 6.45) is 1.48. The molecule has 0 unspecified atom stereocenters. The molecule has 30 heavy (non-hydrogen) atoms. The third-order valence-electron chi connectivity index (χ3n) is 4.09. The molecule has 0 bridgehead atoms. The summed E-state index contributed by atoms with van der Waals surface area (Å²) in [6.45, 7) is 2.21. The van der Waals surface area contributed by atoms with Crippen molar-refractivity contribution in [1.29, 1.82) is 0 Å². The SMILES string of the molecule is CCOc1c(Cl)cc(/C=N\NC(=O)COc2ccc(C3SCCS3)cc2)cc1OC. The number of hydrogen-bond acceptors (Lipinski definition) is 7. The van der Waals surface area contributed by atoms with Gasteiger partial charge < -0.3 is 14.2 Å². The number of carbonyl (C=O) groups is 1. The predicted molar refractivity (Wildman–Crippen MR) is 125 cm³/mol. The number of nitrogens with one attached hydrogen (secondary N) is 1. The second-order valence-corrected chi connectivity index (χ2v) is 9.32. The van der Waals surface area contributed by atoms with Crippen molar-refractivity contribution >= 4 is 47.2 Å². The molecule has 9 heteroatoms. The van der Waals surface area contributed by atoms with Crippen LogP contribution in [-0.2, 0) is 4.79 Å². The first kappa shape index (κ1) is 22.7. The highest BCUT2D eigenvalue weighted by atomic mass is 35.5. The van der Waals surface area contributed by atoms with Crippen molar-refractivity contribution in [2.45, 2.75) is 11.5 Å². The molecule has 0 aromatic heterocycles. The molecule has 2 aromatic carbocycles. The first-order chi connectivity index (χ1) is 14.6. The minimum Gasteiger partial charge on any atom is -0.493 e. The Hall–Kier alpha value is -2.03. The second kappa shape index (κ2) is 11.4. The molecule has 0 atom stereocenters. The number of amides is 1. The van der Waals surface area contributed by atoms with Crippen LogP contribution in [-0.4, -0.2) is 44.0 Å². The summed E-state index contributed by atoms with van der Waals surface area (Å²) in [7, 11) is 1.53. The zero-order valence-corrected chi connectivity index (χ0v) is 19.1. The minimum atomic E-state index is -0.360. The van der Waals surface area contributed by atoms with E-state index in [1.54, 1.807) is 12.1 Å². The van der Waals surface area contributed by atoms with Crippen LogP contribution >= 0.6 is 35.1 Å². The molecule has 1 amide bonds. The van der Waals surface area contributed by atoms with Crippen molar-refractivity contribution < 1.29 is 19.0 Å². The van der Waals surface area contributed by atoms with E-state index in [9.17, 15) is 4.79 Å². The normalized spacial score (nSPS) is 14.1. The Bertz CT molecular complexity index is 887. The van der Waals surface area contributed by atoms with Crippen LogP contribution in [0.25, 0.3) is 0 Å². The van der Waals surface area contributed by atoms with Gasteiger partial charge in [0.05, 0.1) is 29.5 Å². The fourth-order valence-corrected chi connectivity index (χ4v) is 5.86. The molecule has 0 saturated carbocycles. The van der Waals surface area contributed by atoms with Gasteiger partial charge in [0.2, 0.25) is 0 Å². The molecule has 6 nitrogen and oxygen atoms in total. The van der Waals surface area contributed by atoms with Crippen LogP contribution in [0.15, 0.2) is 41.5 Å². The lowest BCUT2D eigenvalue weighted by Crippen LogP contribution is -2.24. The van der Waals surface area contributed by atoms with E-state index in [1.165, 1.54) is 30.4 Å². The highest BCUT2D eigenvalue weighted by Gasteiger charge is 2.18. The average Bonchev–Trinajstić information content (AvgIpc) is 3.29. The summed E-state index contributed by atoms with van der Waals surface area (Å²) in [5.41, 5.74) is 4.38. The van der Waals surface area contributed by atoms with E-state index in [-0.39, 0.29) is 12.5 Å². The van der Waals surface area contributed by atoms with Crippen LogP contribution in [0.1, 0.15) is 22.6 Å². The number of hydrogen-bond donors (Lipinski definition) is 1. The third-order valence-corrected chi connectivity index (χ3v) is 7.47. The molecule has 1 aliphatic rings. The first-order valence-corrected chi connectivity index (χ1v) is 11.9. The Morgan fingerprint density at radius 3 is 2.63 bits per heavy atom. The predicted octanol–water partition coefficient (Wildman–Crippen LogP) is 4.76. The van der Waals surface area contributed by atoms with Gasteiger partial charge in [-0.25, -0.2) is 5.43 Å². The van der Waals surface area contributed by atoms with Crippen molar-refractivity contribution in [3.05, 3.63) is 52.5 Å². The van der Waals surface area contributed by atoms with Gasteiger partial charge in [-0.2, -0.15) is 5.10 Å². The zero-order valence-electron chi connectivity index (χ0n) is 16.7. The fraction of sp³-hybridized carbons (Fsp3) is 0.333. The average molecular weight is 467 g/mol. The first-order valence-electron chi connectivity index (χ1n) is 9.39. The minimum absolute atomic E-state index is 0.128. The number of halogens is 1. The van der Waals surface area contributed by atoms with Crippen LogP contribution in [0, 0.1) is 0 Å². The summed E-state index contributed by atoms with van der Waals surface area (Å²) in [6, 6.07) is 11.3. The number of hydrazone groups is 1. The van der Waals surface area contributed by atoms with Crippen molar-refractivity contribution in [3.63, 3.8) is 0 Å². The number of methoxy groups -OCH3 is 1. The number of nitrogens with zero attached hydrogens (tertiary/aromatic N) is 1. The number of ether oxygens (including phenoxy) is 3. The van der Waals surface area contributed by atoms with E-state index >= 15 is 0 Å². The van der Waals surface area contributed by atoms with Gasteiger partial charge in [0.1, 0.15) is 5.75 Å². The van der Waals surface area contributed by atoms with E-state index in [0.717, 1.165) is 0 Å². The van der Waals surface area contributed by atoms with E-state index in [2.05, 4.69) is 10.5 Å². The van der Waals surface area contributed by atoms with Gasteiger partial charge in [0.25, 0.3) is 5.91 Å². The lowest BCUT2D eigenvalue weighted by atomic mass is 10.2. The molecule has 1 saturated heterocycles. The van der Waals surface area contributed by atoms with Crippen LogP contribution in [0.3, 0.4) is 0 Å². The molecule has 2 aromatic rings. The lowest BCUT2D eigenvalue weighted by molar-refractivity contribution is -0.123. The molecule has 0 radical (unpaired) electrons. The van der Waals surface area contributed by atoms with Crippen molar-refractivity contribution in [3.8, 4) is 17.2 Å². The van der Waals surface area contributed by atoms with Gasteiger partial charge in [0, 0.05) is 11.5 Å². The van der Waals surface area contributed by atoms with E-state index in [1.807, 2.05) is 54.7 Å². The molecule has 3 rings (SSSR count). The number of rotatable bonds is 9. The Labute approximate surface area is 189 Å². The zero-order chi connectivity index (χ0) is 21.3. The van der Waals surface area contributed by atoms with Crippen molar-refractivity contribution in [2.75, 3.05) is 31.8 Å². The van der Waals surface area contributed by atoms with E-state index in [4.69, 9.17) is 25.8 Å². The molecule has 0 spiro atoms. The number of benzene rings is 2. The van der Waals surface area contributed by atoms with Crippen LogP contribution < -0.4 is 19.6 Å². The quantitative estimate of drug-likeness (QED) is 0.424. The van der Waals surface area contributed by atoms with Crippen LogP contribution in [0.5, 0.6) is 17.2 Å². The molecule has 0 aliphatic carbocycles. The summed E-state index contributed by atoms with van der Waals surface area (Å²) in [5.74, 6) is 3.63. The molecule has 1 N–H and O–H groups in total. The smallest absolute Gasteiger partial charge is 0.277 e. The summed E-state index contributed by atoms with van der Waals surface area (Å²) in [5, 5.41) is 4.35. The van der Waals surface area contributed by atoms with Gasteiger partial charge >= 0.3 is 0 Å². The highest BCUT2D eigenvalue weighted by Crippen LogP contribution is 2.45. The van der Waals surface area contributed by atoms with Gasteiger partial charge in [-0.1, -0.05) is 23.7 Å². The second-order valence-electron chi connectivity index (χ2n) is 6.19. The van der Waals surface area contributed by atoms with Gasteiger partial charge in [-0.3, -0.25) is 4.79 Å². The largest absolute Gasteiger partial charge is 0.493 e. The summed E-state index contributed by atoms with van der Waals surface area (Å²) >= 11 is 10.1. The van der Waals surface area contributed by atoms with Crippen LogP contribution in [0.2, 0.25) is 5.02 Å². The van der Waals surface area contributed by atoms with E-state index in [0.29, 0.717) is 39.0 Å². The van der Waals surface area contributed by atoms with Crippen molar-refractivity contribution in [2.24, 2.45) is 5.10 Å². The number of carbonyl (C=O) groups excluding carboxylic acids is 1. The molecule has 1 fully saturated rings. The topological polar surface area (TPSA) is 69.2 Å². The summed E-state index contributed by atoms with van der Waals surface area (Å²) < 4.78 is 16.8. The lowest BCUT2D eigenvalue weighted by Gasteiger charge is -2.11. The Balaban J connectivity index is 1.49. The van der Waals surface area contributed by atoms with E-state index < -0.39 is 0 Å². The maximum atomic E-state index is 12.0. The van der Waals surface area contributed by atoms with Gasteiger partial charge in [-0.15, -0.1) is 23.5 Å². The molecule has 1 heterocycles. The molecular formula is C21H23ClN2O4S2. The molecule has 1 aliphatic heterocycles.